The van der Waals surface area contributed by atoms with Crippen molar-refractivity contribution in [2.24, 2.45) is 0 Å². The number of nitrogens with zero attached hydrogens (tertiary/aromatic N) is 1. The predicted molar refractivity (Wildman–Crippen MR) is 80.5 cm³/mol. The summed E-state index contributed by atoms with van der Waals surface area (Å²) in [6.45, 7) is 1.78. The van der Waals surface area contributed by atoms with Gasteiger partial charge >= 0.3 is 0 Å². The Labute approximate surface area is 126 Å². The SMILES string of the molecule is COc1ccc(Br)cc1S(=O)(=O)Nc1ccncc1C. The van der Waals surface area contributed by atoms with Gasteiger partial charge in [0, 0.05) is 16.9 Å². The third-order valence-corrected chi connectivity index (χ3v) is 4.56. The van der Waals surface area contributed by atoms with E-state index in [4.69, 9.17) is 4.74 Å². The van der Waals surface area contributed by atoms with Gasteiger partial charge in [0.15, 0.2) is 0 Å². The Morgan fingerprint density at radius 2 is 2.05 bits per heavy atom. The summed E-state index contributed by atoms with van der Waals surface area (Å²) in [6, 6.07) is 6.42. The lowest BCUT2D eigenvalue weighted by Crippen LogP contribution is -2.15. The molecule has 1 heterocycles. The molecule has 0 fully saturated rings. The number of benzene rings is 1. The van der Waals surface area contributed by atoms with Crippen LogP contribution >= 0.6 is 15.9 Å². The Morgan fingerprint density at radius 1 is 1.30 bits per heavy atom. The van der Waals surface area contributed by atoms with Crippen molar-refractivity contribution in [3.8, 4) is 5.75 Å². The summed E-state index contributed by atoms with van der Waals surface area (Å²) in [5.41, 5.74) is 1.23. The molecule has 0 aliphatic carbocycles. The monoisotopic (exact) mass is 356 g/mol. The molecule has 0 atom stereocenters. The fourth-order valence-corrected chi connectivity index (χ4v) is 3.49. The normalized spacial score (nSPS) is 11.2. The van der Waals surface area contributed by atoms with Crippen molar-refractivity contribution in [2.45, 2.75) is 11.8 Å². The quantitative estimate of drug-likeness (QED) is 0.914. The zero-order chi connectivity index (χ0) is 14.8. The maximum atomic E-state index is 12.5. The van der Waals surface area contributed by atoms with Gasteiger partial charge in [-0.1, -0.05) is 15.9 Å². The van der Waals surface area contributed by atoms with E-state index in [0.717, 1.165) is 5.56 Å². The highest BCUT2D eigenvalue weighted by Gasteiger charge is 2.20. The van der Waals surface area contributed by atoms with Crippen LogP contribution in [0.1, 0.15) is 5.56 Å². The van der Waals surface area contributed by atoms with Gasteiger partial charge in [-0.25, -0.2) is 8.42 Å². The van der Waals surface area contributed by atoms with Crippen molar-refractivity contribution >= 4 is 31.6 Å². The van der Waals surface area contributed by atoms with Gasteiger partial charge in [0.2, 0.25) is 0 Å². The molecule has 0 amide bonds. The number of halogens is 1. The molecule has 5 nitrogen and oxygen atoms in total. The molecule has 2 aromatic rings. The molecule has 0 bridgehead atoms. The van der Waals surface area contributed by atoms with Crippen molar-refractivity contribution in [1.29, 1.82) is 0 Å². The van der Waals surface area contributed by atoms with E-state index in [1.807, 2.05) is 0 Å². The summed E-state index contributed by atoms with van der Waals surface area (Å²) >= 11 is 3.26. The second-order valence-electron chi connectivity index (χ2n) is 4.09. The number of aryl methyl sites for hydroxylation is 1. The Morgan fingerprint density at radius 3 is 2.70 bits per heavy atom. The Kier molecular flexibility index (Phi) is 4.29. The van der Waals surface area contributed by atoms with E-state index in [1.54, 1.807) is 31.3 Å². The molecule has 1 N–H and O–H groups in total. The molecule has 0 spiro atoms. The molecule has 0 unspecified atom stereocenters. The van der Waals surface area contributed by atoms with Crippen LogP contribution in [0.15, 0.2) is 46.0 Å². The van der Waals surface area contributed by atoms with Crippen LogP contribution in [-0.2, 0) is 10.0 Å². The topological polar surface area (TPSA) is 68.3 Å². The highest BCUT2D eigenvalue weighted by Crippen LogP contribution is 2.29. The molecule has 0 saturated heterocycles. The Bertz CT molecular complexity index is 732. The van der Waals surface area contributed by atoms with Gasteiger partial charge in [0.1, 0.15) is 10.6 Å². The van der Waals surface area contributed by atoms with Gasteiger partial charge in [-0.05, 0) is 36.8 Å². The third-order valence-electron chi connectivity index (χ3n) is 2.68. The van der Waals surface area contributed by atoms with Crippen LogP contribution in [0.4, 0.5) is 5.69 Å². The number of hydrogen-bond donors (Lipinski definition) is 1. The van der Waals surface area contributed by atoms with Gasteiger partial charge in [-0.15, -0.1) is 0 Å². The second-order valence-corrected chi connectivity index (χ2v) is 6.66. The van der Waals surface area contributed by atoms with Gasteiger partial charge < -0.3 is 4.74 Å². The van der Waals surface area contributed by atoms with E-state index in [9.17, 15) is 8.42 Å². The molecule has 1 aromatic heterocycles. The standard InChI is InChI=1S/C13H13BrN2O3S/c1-9-8-15-6-5-11(9)16-20(17,18)13-7-10(14)3-4-12(13)19-2/h3-8H,1-2H3,(H,15,16). The van der Waals surface area contributed by atoms with Crippen LogP contribution < -0.4 is 9.46 Å². The average Bonchev–Trinajstić information content (AvgIpc) is 2.41. The average molecular weight is 357 g/mol. The minimum absolute atomic E-state index is 0.0746. The molecule has 106 valence electrons. The molecular formula is C13H13BrN2O3S. The maximum Gasteiger partial charge on any atom is 0.265 e. The highest BCUT2D eigenvalue weighted by atomic mass is 79.9. The summed E-state index contributed by atoms with van der Waals surface area (Å²) in [4.78, 5) is 4.00. The van der Waals surface area contributed by atoms with E-state index in [-0.39, 0.29) is 10.6 Å². The first-order chi connectivity index (χ1) is 9.44. The Hall–Kier alpha value is -1.60. The summed E-state index contributed by atoms with van der Waals surface area (Å²) in [6.07, 6.45) is 3.12. The van der Waals surface area contributed by atoms with Crippen molar-refractivity contribution in [2.75, 3.05) is 11.8 Å². The predicted octanol–water partition coefficient (Wildman–Crippen LogP) is 2.96. The van der Waals surface area contributed by atoms with E-state index in [2.05, 4.69) is 25.6 Å². The minimum atomic E-state index is -3.73. The molecule has 2 rings (SSSR count). The maximum absolute atomic E-state index is 12.5. The summed E-state index contributed by atoms with van der Waals surface area (Å²) in [7, 11) is -2.30. The molecule has 7 heteroatoms. The molecule has 0 aliphatic rings. The van der Waals surface area contributed by atoms with Gasteiger partial charge in [-0.2, -0.15) is 0 Å². The van der Waals surface area contributed by atoms with E-state index in [1.165, 1.54) is 19.4 Å². The highest BCUT2D eigenvalue weighted by molar-refractivity contribution is 9.10. The third kappa shape index (κ3) is 3.10. The lowest BCUT2D eigenvalue weighted by Gasteiger charge is -2.13. The van der Waals surface area contributed by atoms with Crippen LogP contribution in [-0.4, -0.2) is 20.5 Å². The smallest absolute Gasteiger partial charge is 0.265 e. The molecule has 0 saturated carbocycles. The summed E-state index contributed by atoms with van der Waals surface area (Å²) < 4.78 is 33.2. The van der Waals surface area contributed by atoms with Crippen LogP contribution in [0.5, 0.6) is 5.75 Å². The van der Waals surface area contributed by atoms with Gasteiger partial charge in [0.25, 0.3) is 10.0 Å². The van der Waals surface area contributed by atoms with E-state index in [0.29, 0.717) is 10.2 Å². The van der Waals surface area contributed by atoms with Gasteiger partial charge in [0.05, 0.1) is 12.8 Å². The number of hydrogen-bond acceptors (Lipinski definition) is 4. The minimum Gasteiger partial charge on any atom is -0.495 e. The Balaban J connectivity index is 2.46. The fraction of sp³-hybridized carbons (Fsp3) is 0.154. The zero-order valence-electron chi connectivity index (χ0n) is 10.9. The molecule has 0 aliphatic heterocycles. The first kappa shape index (κ1) is 14.8. The van der Waals surface area contributed by atoms with Crippen LogP contribution in [0.2, 0.25) is 0 Å². The van der Waals surface area contributed by atoms with Crippen LogP contribution in [0.25, 0.3) is 0 Å². The fourth-order valence-electron chi connectivity index (χ4n) is 1.65. The lowest BCUT2D eigenvalue weighted by atomic mass is 10.3. The number of aromatic nitrogens is 1. The first-order valence-electron chi connectivity index (χ1n) is 5.71. The molecular weight excluding hydrogens is 344 g/mol. The van der Waals surface area contributed by atoms with Crippen molar-refractivity contribution in [3.05, 3.63) is 46.7 Å². The summed E-state index contributed by atoms with van der Waals surface area (Å²) in [5, 5.41) is 0. The number of nitrogens with one attached hydrogen (secondary N) is 1. The molecule has 0 radical (unpaired) electrons. The van der Waals surface area contributed by atoms with Crippen LogP contribution in [0.3, 0.4) is 0 Å². The lowest BCUT2D eigenvalue weighted by molar-refractivity contribution is 0.403. The number of rotatable bonds is 4. The van der Waals surface area contributed by atoms with Crippen molar-refractivity contribution in [3.63, 3.8) is 0 Å². The second kappa shape index (κ2) is 5.80. The largest absolute Gasteiger partial charge is 0.495 e. The first-order valence-corrected chi connectivity index (χ1v) is 7.98. The van der Waals surface area contributed by atoms with Crippen molar-refractivity contribution in [1.82, 2.24) is 4.98 Å². The molecule has 20 heavy (non-hydrogen) atoms. The number of methoxy groups -OCH3 is 1. The zero-order valence-corrected chi connectivity index (χ0v) is 13.3. The number of sulfonamides is 1. The van der Waals surface area contributed by atoms with E-state index >= 15 is 0 Å². The van der Waals surface area contributed by atoms with E-state index < -0.39 is 10.0 Å². The van der Waals surface area contributed by atoms with Gasteiger partial charge in [-0.3, -0.25) is 9.71 Å². The van der Waals surface area contributed by atoms with Crippen LogP contribution in [0, 0.1) is 6.92 Å². The van der Waals surface area contributed by atoms with Crippen molar-refractivity contribution < 1.29 is 13.2 Å². The summed E-state index contributed by atoms with van der Waals surface area (Å²) in [5.74, 6) is 0.285. The number of anilines is 1. The number of pyridine rings is 1. The molecule has 1 aromatic carbocycles. The number of ether oxygens (including phenoxy) is 1.